The number of nitrogens with one attached hydrogen (secondary N) is 1. The molecular formula is C11H20N2OS. The zero-order valence-electron chi connectivity index (χ0n) is 10.1. The SMILES string of the molecule is CNC(C)(CC(C)(C)OC)c1nccs1. The molecule has 0 aliphatic carbocycles. The van der Waals surface area contributed by atoms with Crippen molar-refractivity contribution >= 4 is 11.3 Å². The number of aromatic nitrogens is 1. The highest BCUT2D eigenvalue weighted by molar-refractivity contribution is 7.09. The average Bonchev–Trinajstić information content (AvgIpc) is 2.70. The fourth-order valence-electron chi connectivity index (χ4n) is 1.69. The molecule has 15 heavy (non-hydrogen) atoms. The minimum atomic E-state index is -0.149. The second-order valence-corrected chi connectivity index (χ2v) is 5.45. The number of hydrogen-bond donors (Lipinski definition) is 1. The van der Waals surface area contributed by atoms with E-state index in [0.717, 1.165) is 11.4 Å². The van der Waals surface area contributed by atoms with Crippen molar-refractivity contribution in [3.63, 3.8) is 0 Å². The Morgan fingerprint density at radius 3 is 2.53 bits per heavy atom. The van der Waals surface area contributed by atoms with Crippen molar-refractivity contribution in [1.29, 1.82) is 0 Å². The van der Waals surface area contributed by atoms with E-state index in [9.17, 15) is 0 Å². The molecule has 0 spiro atoms. The molecule has 1 N–H and O–H groups in total. The van der Waals surface area contributed by atoms with Crippen LogP contribution in [-0.2, 0) is 10.3 Å². The third-order valence-electron chi connectivity index (χ3n) is 2.79. The van der Waals surface area contributed by atoms with Crippen LogP contribution in [0.4, 0.5) is 0 Å². The summed E-state index contributed by atoms with van der Waals surface area (Å²) in [6.07, 6.45) is 2.73. The van der Waals surface area contributed by atoms with Gasteiger partial charge in [-0.15, -0.1) is 11.3 Å². The molecule has 0 fully saturated rings. The van der Waals surface area contributed by atoms with Crippen molar-refractivity contribution in [3.8, 4) is 0 Å². The molecule has 0 amide bonds. The molecule has 0 aromatic carbocycles. The summed E-state index contributed by atoms with van der Waals surface area (Å²) in [5, 5.41) is 6.45. The van der Waals surface area contributed by atoms with E-state index in [1.165, 1.54) is 0 Å². The van der Waals surface area contributed by atoms with E-state index in [0.29, 0.717) is 0 Å². The molecule has 0 bridgehead atoms. The van der Waals surface area contributed by atoms with Gasteiger partial charge in [-0.2, -0.15) is 0 Å². The van der Waals surface area contributed by atoms with Crippen LogP contribution in [0.25, 0.3) is 0 Å². The van der Waals surface area contributed by atoms with Crippen LogP contribution in [0.3, 0.4) is 0 Å². The molecule has 0 aliphatic rings. The monoisotopic (exact) mass is 228 g/mol. The van der Waals surface area contributed by atoms with Crippen LogP contribution in [0.5, 0.6) is 0 Å². The number of rotatable bonds is 5. The maximum Gasteiger partial charge on any atom is 0.112 e. The van der Waals surface area contributed by atoms with Crippen molar-refractivity contribution in [3.05, 3.63) is 16.6 Å². The lowest BCUT2D eigenvalue weighted by Gasteiger charge is -2.35. The summed E-state index contributed by atoms with van der Waals surface area (Å²) in [4.78, 5) is 4.38. The predicted octanol–water partition coefficient (Wildman–Crippen LogP) is 2.39. The minimum absolute atomic E-state index is 0.117. The van der Waals surface area contributed by atoms with E-state index < -0.39 is 0 Å². The fraction of sp³-hybridized carbons (Fsp3) is 0.727. The lowest BCUT2D eigenvalue weighted by Crippen LogP contribution is -2.43. The van der Waals surface area contributed by atoms with Crippen LogP contribution in [0.1, 0.15) is 32.2 Å². The van der Waals surface area contributed by atoms with Gasteiger partial charge in [-0.05, 0) is 27.8 Å². The summed E-state index contributed by atoms with van der Waals surface area (Å²) < 4.78 is 5.47. The molecule has 1 rings (SSSR count). The number of methoxy groups -OCH3 is 1. The van der Waals surface area contributed by atoms with E-state index in [2.05, 4.69) is 31.1 Å². The van der Waals surface area contributed by atoms with Crippen molar-refractivity contribution in [2.24, 2.45) is 0 Å². The van der Waals surface area contributed by atoms with Crippen LogP contribution in [0, 0.1) is 0 Å². The Labute approximate surface area is 95.9 Å². The molecule has 1 heterocycles. The maximum atomic E-state index is 5.47. The Morgan fingerprint density at radius 2 is 2.13 bits per heavy atom. The second kappa shape index (κ2) is 4.60. The first kappa shape index (κ1) is 12.6. The van der Waals surface area contributed by atoms with Gasteiger partial charge in [0, 0.05) is 25.1 Å². The van der Waals surface area contributed by atoms with Crippen LogP contribution in [-0.4, -0.2) is 24.7 Å². The zero-order valence-corrected chi connectivity index (χ0v) is 10.9. The first-order chi connectivity index (χ1) is 6.93. The van der Waals surface area contributed by atoms with Crippen molar-refractivity contribution < 1.29 is 4.74 Å². The molecule has 0 saturated heterocycles. The van der Waals surface area contributed by atoms with Crippen molar-refractivity contribution in [2.45, 2.75) is 38.3 Å². The Bertz CT molecular complexity index is 298. The molecule has 0 saturated carbocycles. The van der Waals surface area contributed by atoms with Gasteiger partial charge in [0.05, 0.1) is 11.1 Å². The fourth-order valence-corrected chi connectivity index (χ4v) is 2.50. The largest absolute Gasteiger partial charge is 0.379 e. The number of thiazole rings is 1. The third kappa shape index (κ3) is 3.00. The van der Waals surface area contributed by atoms with Gasteiger partial charge < -0.3 is 10.1 Å². The highest BCUT2D eigenvalue weighted by atomic mass is 32.1. The number of hydrogen-bond acceptors (Lipinski definition) is 4. The number of ether oxygens (including phenoxy) is 1. The summed E-state index contributed by atoms with van der Waals surface area (Å²) in [5.41, 5.74) is -0.267. The van der Waals surface area contributed by atoms with Gasteiger partial charge in [0.25, 0.3) is 0 Å². The zero-order chi connectivity index (χ0) is 11.5. The lowest BCUT2D eigenvalue weighted by molar-refractivity contribution is -0.00614. The summed E-state index contributed by atoms with van der Waals surface area (Å²) in [5.74, 6) is 0. The molecule has 1 unspecified atom stereocenters. The van der Waals surface area contributed by atoms with Gasteiger partial charge in [0.2, 0.25) is 0 Å². The van der Waals surface area contributed by atoms with Crippen molar-refractivity contribution in [2.75, 3.05) is 14.2 Å². The maximum absolute atomic E-state index is 5.47. The van der Waals surface area contributed by atoms with Crippen LogP contribution in [0.15, 0.2) is 11.6 Å². The smallest absolute Gasteiger partial charge is 0.112 e. The molecule has 3 nitrogen and oxygen atoms in total. The van der Waals surface area contributed by atoms with E-state index >= 15 is 0 Å². The molecule has 1 aromatic rings. The highest BCUT2D eigenvalue weighted by Crippen LogP contribution is 2.32. The molecule has 1 aromatic heterocycles. The Balaban J connectivity index is 2.87. The normalized spacial score (nSPS) is 16.3. The van der Waals surface area contributed by atoms with Gasteiger partial charge in [-0.3, -0.25) is 0 Å². The van der Waals surface area contributed by atoms with Gasteiger partial charge in [-0.25, -0.2) is 4.98 Å². The Morgan fingerprint density at radius 1 is 1.47 bits per heavy atom. The van der Waals surface area contributed by atoms with Crippen LogP contribution in [0.2, 0.25) is 0 Å². The quantitative estimate of drug-likeness (QED) is 0.840. The Hall–Kier alpha value is -0.450. The summed E-state index contributed by atoms with van der Waals surface area (Å²) >= 11 is 1.68. The summed E-state index contributed by atoms with van der Waals surface area (Å²) in [6, 6.07) is 0. The molecular weight excluding hydrogens is 208 g/mol. The molecule has 4 heteroatoms. The lowest BCUT2D eigenvalue weighted by atomic mass is 9.88. The third-order valence-corrected chi connectivity index (χ3v) is 3.82. The predicted molar refractivity (Wildman–Crippen MR) is 64.2 cm³/mol. The average molecular weight is 228 g/mol. The van der Waals surface area contributed by atoms with E-state index in [1.54, 1.807) is 18.4 Å². The minimum Gasteiger partial charge on any atom is -0.379 e. The Kier molecular flexibility index (Phi) is 3.87. The van der Waals surface area contributed by atoms with Gasteiger partial charge in [0.15, 0.2) is 0 Å². The highest BCUT2D eigenvalue weighted by Gasteiger charge is 2.34. The molecule has 86 valence electrons. The van der Waals surface area contributed by atoms with Crippen molar-refractivity contribution in [1.82, 2.24) is 10.3 Å². The first-order valence-electron chi connectivity index (χ1n) is 5.07. The van der Waals surface area contributed by atoms with Gasteiger partial charge >= 0.3 is 0 Å². The summed E-state index contributed by atoms with van der Waals surface area (Å²) in [6.45, 7) is 6.35. The van der Waals surface area contributed by atoms with Crippen LogP contribution >= 0.6 is 11.3 Å². The topological polar surface area (TPSA) is 34.1 Å². The van der Waals surface area contributed by atoms with E-state index in [4.69, 9.17) is 4.74 Å². The van der Waals surface area contributed by atoms with Gasteiger partial charge in [0.1, 0.15) is 5.01 Å². The number of nitrogens with zero attached hydrogens (tertiary/aromatic N) is 1. The first-order valence-corrected chi connectivity index (χ1v) is 5.95. The molecule has 0 aliphatic heterocycles. The van der Waals surface area contributed by atoms with Crippen LogP contribution < -0.4 is 5.32 Å². The standard InChI is InChI=1S/C11H20N2OS/c1-10(2,14-5)8-11(3,12-4)9-13-6-7-15-9/h6-7,12H,8H2,1-5H3. The second-order valence-electron chi connectivity index (χ2n) is 4.56. The summed E-state index contributed by atoms with van der Waals surface area (Å²) in [7, 11) is 3.71. The van der Waals surface area contributed by atoms with Gasteiger partial charge in [-0.1, -0.05) is 0 Å². The van der Waals surface area contributed by atoms with E-state index in [1.807, 2.05) is 18.6 Å². The molecule has 1 atom stereocenters. The molecule has 0 radical (unpaired) electrons. The van der Waals surface area contributed by atoms with E-state index in [-0.39, 0.29) is 11.1 Å².